The lowest BCUT2D eigenvalue weighted by Crippen LogP contribution is -2.12. The van der Waals surface area contributed by atoms with Crippen LogP contribution in [-0.2, 0) is 9.53 Å². The SMILES string of the molecule is CCOC(=O)C1=C(O)C(=Cc2cccc(O)c2)SC1=Nc1ccc(Cl)cc1. The molecule has 1 aliphatic heterocycles. The summed E-state index contributed by atoms with van der Waals surface area (Å²) in [5.74, 6) is -0.736. The number of phenols is 1. The Morgan fingerprint density at radius 1 is 1.22 bits per heavy atom. The molecule has 7 heteroatoms. The highest BCUT2D eigenvalue weighted by atomic mass is 35.5. The molecule has 3 rings (SSSR count). The number of hydrogen-bond donors (Lipinski definition) is 2. The summed E-state index contributed by atoms with van der Waals surface area (Å²) < 4.78 is 5.06. The van der Waals surface area contributed by atoms with Crippen LogP contribution in [0.15, 0.2) is 69.8 Å². The van der Waals surface area contributed by atoms with Gasteiger partial charge in [-0.2, -0.15) is 0 Å². The molecule has 27 heavy (non-hydrogen) atoms. The summed E-state index contributed by atoms with van der Waals surface area (Å²) in [5.41, 5.74) is 1.29. The molecule has 0 spiro atoms. The van der Waals surface area contributed by atoms with E-state index in [2.05, 4.69) is 4.99 Å². The number of nitrogens with zero attached hydrogens (tertiary/aromatic N) is 1. The van der Waals surface area contributed by atoms with Gasteiger partial charge in [-0.05, 0) is 55.0 Å². The molecule has 1 aliphatic rings. The third-order valence-electron chi connectivity index (χ3n) is 3.60. The number of ether oxygens (including phenoxy) is 1. The number of carbonyl (C=O) groups excluding carboxylic acids is 1. The van der Waals surface area contributed by atoms with Crippen LogP contribution in [0.1, 0.15) is 12.5 Å². The fourth-order valence-corrected chi connectivity index (χ4v) is 3.55. The lowest BCUT2D eigenvalue weighted by Gasteiger charge is -2.03. The third-order valence-corrected chi connectivity index (χ3v) is 4.87. The maximum absolute atomic E-state index is 12.3. The summed E-state index contributed by atoms with van der Waals surface area (Å²) in [4.78, 5) is 17.2. The van der Waals surface area contributed by atoms with E-state index >= 15 is 0 Å². The van der Waals surface area contributed by atoms with Gasteiger partial charge in [0.15, 0.2) is 0 Å². The first-order valence-corrected chi connectivity index (χ1v) is 9.31. The zero-order chi connectivity index (χ0) is 19.4. The van der Waals surface area contributed by atoms with E-state index in [1.54, 1.807) is 61.5 Å². The lowest BCUT2D eigenvalue weighted by atomic mass is 10.1. The van der Waals surface area contributed by atoms with E-state index in [9.17, 15) is 15.0 Å². The molecule has 0 saturated carbocycles. The van der Waals surface area contributed by atoms with E-state index in [-0.39, 0.29) is 23.7 Å². The van der Waals surface area contributed by atoms with Crippen LogP contribution in [0.5, 0.6) is 5.75 Å². The minimum Gasteiger partial charge on any atom is -0.508 e. The number of carbonyl (C=O) groups is 1. The summed E-state index contributed by atoms with van der Waals surface area (Å²) in [6.07, 6.45) is 1.67. The van der Waals surface area contributed by atoms with Crippen LogP contribution < -0.4 is 0 Å². The highest BCUT2D eigenvalue weighted by molar-refractivity contribution is 8.18. The predicted molar refractivity (Wildman–Crippen MR) is 109 cm³/mol. The molecule has 0 unspecified atom stereocenters. The van der Waals surface area contributed by atoms with Crippen LogP contribution in [0.3, 0.4) is 0 Å². The van der Waals surface area contributed by atoms with Gasteiger partial charge in [0.25, 0.3) is 0 Å². The molecule has 2 aromatic carbocycles. The largest absolute Gasteiger partial charge is 0.508 e. The maximum Gasteiger partial charge on any atom is 0.344 e. The number of benzene rings is 2. The van der Waals surface area contributed by atoms with E-state index in [1.807, 2.05) is 0 Å². The Morgan fingerprint density at radius 3 is 2.63 bits per heavy atom. The van der Waals surface area contributed by atoms with Crippen LogP contribution in [0.4, 0.5) is 5.69 Å². The van der Waals surface area contributed by atoms with Gasteiger partial charge in [-0.15, -0.1) is 0 Å². The smallest absolute Gasteiger partial charge is 0.344 e. The van der Waals surface area contributed by atoms with Crippen LogP contribution in [0.25, 0.3) is 6.08 Å². The Balaban J connectivity index is 2.03. The van der Waals surface area contributed by atoms with Crippen molar-refractivity contribution in [1.29, 1.82) is 0 Å². The van der Waals surface area contributed by atoms with Crippen LogP contribution in [0, 0.1) is 0 Å². The van der Waals surface area contributed by atoms with Gasteiger partial charge in [0.05, 0.1) is 17.2 Å². The first-order chi connectivity index (χ1) is 13.0. The number of thioether (sulfide) groups is 1. The minimum absolute atomic E-state index is 0.0169. The molecule has 0 atom stereocenters. The monoisotopic (exact) mass is 401 g/mol. The van der Waals surface area contributed by atoms with Crippen molar-refractivity contribution in [3.05, 3.63) is 75.4 Å². The zero-order valence-electron chi connectivity index (χ0n) is 14.3. The van der Waals surface area contributed by atoms with Crippen molar-refractivity contribution < 1.29 is 19.7 Å². The fourth-order valence-electron chi connectivity index (χ4n) is 2.39. The van der Waals surface area contributed by atoms with Gasteiger partial charge in [0.2, 0.25) is 0 Å². The van der Waals surface area contributed by atoms with Crippen molar-refractivity contribution in [3.63, 3.8) is 0 Å². The first kappa shape index (κ1) is 19.1. The van der Waals surface area contributed by atoms with Crippen LogP contribution >= 0.6 is 23.4 Å². The van der Waals surface area contributed by atoms with Gasteiger partial charge < -0.3 is 14.9 Å². The second kappa shape index (κ2) is 8.33. The Hall–Kier alpha value is -2.70. The van der Waals surface area contributed by atoms with E-state index in [1.165, 1.54) is 0 Å². The molecule has 2 N–H and O–H groups in total. The summed E-state index contributed by atoms with van der Waals surface area (Å²) in [6, 6.07) is 13.4. The average Bonchev–Trinajstić information content (AvgIpc) is 2.92. The Labute approximate surface area is 165 Å². The van der Waals surface area contributed by atoms with Crippen molar-refractivity contribution in [1.82, 2.24) is 0 Å². The van der Waals surface area contributed by atoms with E-state index in [0.29, 0.717) is 26.2 Å². The van der Waals surface area contributed by atoms with Gasteiger partial charge in [0, 0.05) is 5.02 Å². The number of aliphatic imine (C=N–C) groups is 1. The number of hydrogen-bond acceptors (Lipinski definition) is 6. The highest BCUT2D eigenvalue weighted by Crippen LogP contribution is 2.40. The Bertz CT molecular complexity index is 964. The van der Waals surface area contributed by atoms with E-state index < -0.39 is 5.97 Å². The van der Waals surface area contributed by atoms with Crippen molar-refractivity contribution >= 4 is 46.1 Å². The molecule has 0 bridgehead atoms. The standard InChI is InChI=1S/C20H16ClNO4S/c1-2-26-20(25)17-18(24)16(11-12-4-3-5-15(23)10-12)27-19(17)22-14-8-6-13(21)7-9-14/h3-11,23-24H,2H2,1H3. The van der Waals surface area contributed by atoms with Gasteiger partial charge in [0.1, 0.15) is 22.1 Å². The maximum atomic E-state index is 12.3. The predicted octanol–water partition coefficient (Wildman–Crippen LogP) is 5.24. The van der Waals surface area contributed by atoms with Crippen molar-refractivity contribution in [2.75, 3.05) is 6.61 Å². The fraction of sp³-hybridized carbons (Fsp3) is 0.100. The second-order valence-electron chi connectivity index (χ2n) is 5.54. The topological polar surface area (TPSA) is 79.1 Å². The summed E-state index contributed by atoms with van der Waals surface area (Å²) >= 11 is 7.04. The Kier molecular flexibility index (Phi) is 5.88. The molecule has 0 saturated heterocycles. The van der Waals surface area contributed by atoms with Gasteiger partial charge in [-0.25, -0.2) is 9.79 Å². The number of esters is 1. The number of phenolic OH excluding ortho intramolecular Hbond substituents is 1. The van der Waals surface area contributed by atoms with Crippen molar-refractivity contribution in [2.45, 2.75) is 6.92 Å². The number of rotatable bonds is 4. The van der Waals surface area contributed by atoms with Crippen molar-refractivity contribution in [2.24, 2.45) is 4.99 Å². The molecule has 1 heterocycles. The third kappa shape index (κ3) is 4.53. The second-order valence-corrected chi connectivity index (χ2v) is 7.01. The molecule has 138 valence electrons. The summed E-state index contributed by atoms with van der Waals surface area (Å²) in [6.45, 7) is 1.87. The number of aromatic hydroxyl groups is 1. The molecule has 0 aromatic heterocycles. The lowest BCUT2D eigenvalue weighted by molar-refractivity contribution is -0.138. The Morgan fingerprint density at radius 2 is 1.96 bits per heavy atom. The van der Waals surface area contributed by atoms with E-state index in [0.717, 1.165) is 11.8 Å². The normalized spacial score (nSPS) is 17.0. The number of aliphatic hydroxyl groups is 1. The summed E-state index contributed by atoms with van der Waals surface area (Å²) in [7, 11) is 0. The van der Waals surface area contributed by atoms with Gasteiger partial charge >= 0.3 is 5.97 Å². The minimum atomic E-state index is -0.644. The molecule has 0 fully saturated rings. The molecule has 0 amide bonds. The van der Waals surface area contributed by atoms with Crippen molar-refractivity contribution in [3.8, 4) is 5.75 Å². The summed E-state index contributed by atoms with van der Waals surface area (Å²) in [5, 5.41) is 21.1. The van der Waals surface area contributed by atoms with Crippen LogP contribution in [-0.4, -0.2) is 27.8 Å². The highest BCUT2D eigenvalue weighted by Gasteiger charge is 2.33. The molecular formula is C20H16ClNO4S. The molecule has 0 radical (unpaired) electrons. The first-order valence-electron chi connectivity index (χ1n) is 8.12. The molecule has 5 nitrogen and oxygen atoms in total. The average molecular weight is 402 g/mol. The molecule has 2 aromatic rings. The van der Waals surface area contributed by atoms with Gasteiger partial charge in [-0.3, -0.25) is 0 Å². The quantitative estimate of drug-likeness (QED) is 0.685. The number of aliphatic hydroxyl groups excluding tert-OH is 1. The van der Waals surface area contributed by atoms with Crippen LogP contribution in [0.2, 0.25) is 5.02 Å². The molecule has 0 aliphatic carbocycles. The number of halogens is 1. The van der Waals surface area contributed by atoms with Gasteiger partial charge in [-0.1, -0.05) is 35.5 Å². The zero-order valence-corrected chi connectivity index (χ0v) is 15.9. The molecular weight excluding hydrogens is 386 g/mol. The van der Waals surface area contributed by atoms with E-state index in [4.69, 9.17) is 16.3 Å².